The molecule has 2 N–H and O–H groups in total. The fourth-order valence-electron chi connectivity index (χ4n) is 1.82. The van der Waals surface area contributed by atoms with E-state index in [4.69, 9.17) is 21.1 Å². The molecule has 7 heteroatoms. The first kappa shape index (κ1) is 15.9. The van der Waals surface area contributed by atoms with Crippen molar-refractivity contribution in [2.24, 2.45) is 0 Å². The zero-order valence-corrected chi connectivity index (χ0v) is 13.0. The number of benzene rings is 1. The fraction of sp³-hybridized carbons (Fsp3) is 0.200. The number of ether oxygens (including phenoxy) is 2. The summed E-state index contributed by atoms with van der Waals surface area (Å²) in [5.41, 5.74) is 1.28. The molecule has 2 amide bonds. The lowest BCUT2D eigenvalue weighted by Crippen LogP contribution is -2.28. The molecule has 0 radical (unpaired) electrons. The lowest BCUT2D eigenvalue weighted by molar-refractivity contribution is 0.251. The van der Waals surface area contributed by atoms with Crippen LogP contribution in [0.15, 0.2) is 36.5 Å². The highest BCUT2D eigenvalue weighted by Crippen LogP contribution is 2.24. The van der Waals surface area contributed by atoms with Gasteiger partial charge in [-0.05, 0) is 24.3 Å². The highest BCUT2D eigenvalue weighted by Gasteiger charge is 2.08. The summed E-state index contributed by atoms with van der Waals surface area (Å²) < 4.78 is 10.4. The van der Waals surface area contributed by atoms with Crippen molar-refractivity contribution in [3.05, 3.63) is 47.2 Å². The maximum absolute atomic E-state index is 11.9. The van der Waals surface area contributed by atoms with Gasteiger partial charge in [0, 0.05) is 24.4 Å². The molecular weight excluding hydrogens is 306 g/mol. The Bertz CT molecular complexity index is 664. The maximum Gasteiger partial charge on any atom is 0.319 e. The third kappa shape index (κ3) is 4.02. The van der Waals surface area contributed by atoms with Crippen molar-refractivity contribution in [1.29, 1.82) is 0 Å². The van der Waals surface area contributed by atoms with Crippen molar-refractivity contribution in [2.45, 2.75) is 6.54 Å². The molecule has 2 rings (SSSR count). The number of hydrogen-bond donors (Lipinski definition) is 2. The molecule has 0 spiro atoms. The molecule has 0 unspecified atom stereocenters. The van der Waals surface area contributed by atoms with Crippen LogP contribution in [0.4, 0.5) is 10.5 Å². The van der Waals surface area contributed by atoms with Gasteiger partial charge in [0.2, 0.25) is 0 Å². The van der Waals surface area contributed by atoms with E-state index in [0.29, 0.717) is 23.7 Å². The van der Waals surface area contributed by atoms with Crippen molar-refractivity contribution < 1.29 is 14.3 Å². The van der Waals surface area contributed by atoms with Crippen molar-refractivity contribution >= 4 is 23.3 Å². The minimum Gasteiger partial charge on any atom is -0.497 e. The fourth-order valence-corrected chi connectivity index (χ4v) is 1.99. The number of rotatable bonds is 5. The molecule has 22 heavy (non-hydrogen) atoms. The number of anilines is 1. The standard InChI is InChI=1S/C15H16ClN3O3/c1-21-11-6-5-10(13(8-11)22-2)9-18-15(20)19-12-4-3-7-17-14(12)16/h3-8H,9H2,1-2H3,(H2,18,19,20). The van der Waals surface area contributed by atoms with E-state index in [1.165, 1.54) is 0 Å². The SMILES string of the molecule is COc1ccc(CNC(=O)Nc2cccnc2Cl)c(OC)c1. The van der Waals surface area contributed by atoms with Crippen molar-refractivity contribution in [2.75, 3.05) is 19.5 Å². The van der Waals surface area contributed by atoms with Crippen LogP contribution < -0.4 is 20.1 Å². The Balaban J connectivity index is 1.98. The summed E-state index contributed by atoms with van der Waals surface area (Å²) in [4.78, 5) is 15.8. The molecular formula is C15H16ClN3O3. The van der Waals surface area contributed by atoms with Gasteiger partial charge in [0.1, 0.15) is 11.5 Å². The van der Waals surface area contributed by atoms with Gasteiger partial charge in [0.25, 0.3) is 0 Å². The van der Waals surface area contributed by atoms with Crippen LogP contribution in [0.2, 0.25) is 5.15 Å². The number of aromatic nitrogens is 1. The van der Waals surface area contributed by atoms with E-state index in [0.717, 1.165) is 5.56 Å². The normalized spacial score (nSPS) is 9.95. The van der Waals surface area contributed by atoms with Gasteiger partial charge < -0.3 is 20.1 Å². The summed E-state index contributed by atoms with van der Waals surface area (Å²) in [6, 6.07) is 8.36. The Morgan fingerprint density at radius 3 is 2.77 bits per heavy atom. The van der Waals surface area contributed by atoms with Crippen LogP contribution in [0.25, 0.3) is 0 Å². The van der Waals surface area contributed by atoms with E-state index < -0.39 is 0 Å². The van der Waals surface area contributed by atoms with Crippen molar-refractivity contribution in [3.8, 4) is 11.5 Å². The summed E-state index contributed by atoms with van der Waals surface area (Å²) in [6.45, 7) is 0.302. The average molecular weight is 322 g/mol. The van der Waals surface area contributed by atoms with Gasteiger partial charge in [-0.3, -0.25) is 0 Å². The second-order valence-electron chi connectivity index (χ2n) is 4.33. The Hall–Kier alpha value is -2.47. The smallest absolute Gasteiger partial charge is 0.319 e. The molecule has 0 saturated heterocycles. The van der Waals surface area contributed by atoms with E-state index >= 15 is 0 Å². The van der Waals surface area contributed by atoms with Crippen LogP contribution >= 0.6 is 11.6 Å². The first-order valence-corrected chi connectivity index (χ1v) is 6.88. The van der Waals surface area contributed by atoms with E-state index in [1.807, 2.05) is 6.07 Å². The third-order valence-electron chi connectivity index (χ3n) is 2.94. The number of carbonyl (C=O) groups excluding carboxylic acids is 1. The number of hydrogen-bond acceptors (Lipinski definition) is 4. The highest BCUT2D eigenvalue weighted by molar-refractivity contribution is 6.32. The van der Waals surface area contributed by atoms with Gasteiger partial charge in [-0.25, -0.2) is 9.78 Å². The first-order chi connectivity index (χ1) is 10.6. The second-order valence-corrected chi connectivity index (χ2v) is 4.69. The molecule has 1 aromatic carbocycles. The van der Waals surface area contributed by atoms with E-state index in [1.54, 1.807) is 44.7 Å². The van der Waals surface area contributed by atoms with Gasteiger partial charge >= 0.3 is 6.03 Å². The van der Waals surface area contributed by atoms with Crippen LogP contribution in [0.1, 0.15) is 5.56 Å². The summed E-state index contributed by atoms with van der Waals surface area (Å²) >= 11 is 5.88. The lowest BCUT2D eigenvalue weighted by Gasteiger charge is -2.12. The van der Waals surface area contributed by atoms with E-state index in [2.05, 4.69) is 15.6 Å². The van der Waals surface area contributed by atoms with E-state index in [9.17, 15) is 4.79 Å². The van der Waals surface area contributed by atoms with Crippen LogP contribution in [-0.2, 0) is 6.54 Å². The quantitative estimate of drug-likeness (QED) is 0.830. The number of halogens is 1. The number of amides is 2. The number of urea groups is 1. The Morgan fingerprint density at radius 1 is 1.27 bits per heavy atom. The summed E-state index contributed by atoms with van der Waals surface area (Å²) in [5, 5.41) is 5.60. The van der Waals surface area contributed by atoms with Crippen LogP contribution in [0, 0.1) is 0 Å². The zero-order chi connectivity index (χ0) is 15.9. The molecule has 0 saturated carbocycles. The number of nitrogens with one attached hydrogen (secondary N) is 2. The number of pyridine rings is 1. The lowest BCUT2D eigenvalue weighted by atomic mass is 10.2. The molecule has 0 atom stereocenters. The molecule has 116 valence electrons. The third-order valence-corrected chi connectivity index (χ3v) is 3.24. The minimum atomic E-state index is -0.382. The zero-order valence-electron chi connectivity index (χ0n) is 12.2. The minimum absolute atomic E-state index is 0.236. The second kappa shape index (κ2) is 7.51. The molecule has 0 fully saturated rings. The summed E-state index contributed by atoms with van der Waals surface area (Å²) in [7, 11) is 3.14. The Kier molecular flexibility index (Phi) is 5.43. The van der Waals surface area contributed by atoms with Gasteiger partial charge in [0.15, 0.2) is 5.15 Å². The van der Waals surface area contributed by atoms with Crippen molar-refractivity contribution in [3.63, 3.8) is 0 Å². The van der Waals surface area contributed by atoms with Gasteiger partial charge in [-0.1, -0.05) is 11.6 Å². The predicted molar refractivity (Wildman–Crippen MR) is 84.7 cm³/mol. The topological polar surface area (TPSA) is 72.5 Å². The highest BCUT2D eigenvalue weighted by atomic mass is 35.5. The molecule has 0 aliphatic rings. The molecule has 6 nitrogen and oxygen atoms in total. The Labute approximate surface area is 133 Å². The van der Waals surface area contributed by atoms with Crippen LogP contribution in [-0.4, -0.2) is 25.2 Å². The first-order valence-electron chi connectivity index (χ1n) is 6.50. The van der Waals surface area contributed by atoms with Gasteiger partial charge in [-0.2, -0.15) is 0 Å². The molecule has 1 heterocycles. The number of carbonyl (C=O) groups is 1. The average Bonchev–Trinajstić information content (AvgIpc) is 2.55. The largest absolute Gasteiger partial charge is 0.497 e. The maximum atomic E-state index is 11.9. The Morgan fingerprint density at radius 2 is 2.09 bits per heavy atom. The predicted octanol–water partition coefficient (Wildman–Crippen LogP) is 3.07. The number of nitrogens with zero attached hydrogens (tertiary/aromatic N) is 1. The van der Waals surface area contributed by atoms with Crippen LogP contribution in [0.5, 0.6) is 11.5 Å². The summed E-state index contributed by atoms with van der Waals surface area (Å²) in [5.74, 6) is 1.33. The molecule has 0 aliphatic heterocycles. The molecule has 2 aromatic rings. The molecule has 0 bridgehead atoms. The van der Waals surface area contributed by atoms with Gasteiger partial charge in [-0.15, -0.1) is 0 Å². The molecule has 1 aromatic heterocycles. The monoisotopic (exact) mass is 321 g/mol. The van der Waals surface area contributed by atoms with Crippen LogP contribution in [0.3, 0.4) is 0 Å². The summed E-state index contributed by atoms with van der Waals surface area (Å²) in [6.07, 6.45) is 1.55. The molecule has 0 aliphatic carbocycles. The van der Waals surface area contributed by atoms with E-state index in [-0.39, 0.29) is 11.2 Å². The van der Waals surface area contributed by atoms with Gasteiger partial charge in [0.05, 0.1) is 19.9 Å². The number of methoxy groups -OCH3 is 2. The van der Waals surface area contributed by atoms with Crippen molar-refractivity contribution in [1.82, 2.24) is 10.3 Å².